The summed E-state index contributed by atoms with van der Waals surface area (Å²) in [6.07, 6.45) is 2.74. The zero-order chi connectivity index (χ0) is 17.0. The van der Waals surface area contributed by atoms with E-state index in [1.807, 2.05) is 0 Å². The van der Waals surface area contributed by atoms with E-state index in [1.165, 1.54) is 19.1 Å². The van der Waals surface area contributed by atoms with Crippen molar-refractivity contribution in [3.8, 4) is 11.5 Å². The highest BCUT2D eigenvalue weighted by atomic mass is 16.5. The maximum absolute atomic E-state index is 12.6. The van der Waals surface area contributed by atoms with Crippen molar-refractivity contribution in [1.82, 2.24) is 10.4 Å². The first-order valence-electron chi connectivity index (χ1n) is 7.18. The van der Waals surface area contributed by atoms with Crippen LogP contribution in [0.25, 0.3) is 0 Å². The summed E-state index contributed by atoms with van der Waals surface area (Å²) in [4.78, 5) is 25.6. The summed E-state index contributed by atoms with van der Waals surface area (Å²) in [6.45, 7) is 4.16. The molecule has 7 nitrogen and oxygen atoms in total. The van der Waals surface area contributed by atoms with Crippen molar-refractivity contribution >= 4 is 11.8 Å². The number of ether oxygens (including phenoxy) is 2. The van der Waals surface area contributed by atoms with E-state index in [-0.39, 0.29) is 5.91 Å². The number of methoxy groups -OCH3 is 2. The van der Waals surface area contributed by atoms with Gasteiger partial charge in [0.15, 0.2) is 11.5 Å². The molecule has 2 amide bonds. The second-order valence-corrected chi connectivity index (χ2v) is 5.14. The second kappa shape index (κ2) is 7.15. The van der Waals surface area contributed by atoms with E-state index in [4.69, 9.17) is 14.7 Å². The van der Waals surface area contributed by atoms with E-state index in [0.717, 1.165) is 5.56 Å². The van der Waals surface area contributed by atoms with Gasteiger partial charge in [-0.05, 0) is 25.0 Å². The molecule has 2 N–H and O–H groups in total. The number of carbonyl (C=O) groups is 2. The van der Waals surface area contributed by atoms with Gasteiger partial charge in [-0.25, -0.2) is 5.48 Å². The Balaban J connectivity index is 2.35. The fourth-order valence-electron chi connectivity index (χ4n) is 2.62. The van der Waals surface area contributed by atoms with Crippen molar-refractivity contribution in [3.05, 3.63) is 35.9 Å². The Labute approximate surface area is 134 Å². The van der Waals surface area contributed by atoms with Crippen LogP contribution in [0.3, 0.4) is 0 Å². The van der Waals surface area contributed by atoms with Crippen LogP contribution in [-0.4, -0.2) is 48.7 Å². The number of allylic oxidation sites excluding steroid dienone is 1. The van der Waals surface area contributed by atoms with Crippen LogP contribution in [-0.2, 0) is 11.2 Å². The molecular weight excluding hydrogens is 300 g/mol. The molecule has 1 atom stereocenters. The Bertz CT molecular complexity index is 629. The van der Waals surface area contributed by atoms with Gasteiger partial charge in [-0.2, -0.15) is 0 Å². The first-order valence-corrected chi connectivity index (χ1v) is 7.18. The Morgan fingerprint density at radius 2 is 2.17 bits per heavy atom. The van der Waals surface area contributed by atoms with Gasteiger partial charge < -0.3 is 14.4 Å². The van der Waals surface area contributed by atoms with E-state index in [2.05, 4.69) is 6.58 Å². The average Bonchev–Trinajstić information content (AvgIpc) is 2.52. The van der Waals surface area contributed by atoms with Crippen molar-refractivity contribution in [2.45, 2.75) is 18.9 Å². The summed E-state index contributed by atoms with van der Waals surface area (Å²) in [5, 5.41) is 8.72. The second-order valence-electron chi connectivity index (χ2n) is 5.14. The lowest BCUT2D eigenvalue weighted by Crippen LogP contribution is -2.57. The molecule has 1 heterocycles. The van der Waals surface area contributed by atoms with Gasteiger partial charge in [0.25, 0.3) is 11.8 Å². The smallest absolute Gasteiger partial charge is 0.266 e. The number of likely N-dealkylation sites (tertiary alicyclic amines) is 1. The molecular formula is C16H20N2O5. The third kappa shape index (κ3) is 3.14. The van der Waals surface area contributed by atoms with E-state index in [1.54, 1.807) is 23.7 Å². The lowest BCUT2D eigenvalue weighted by Gasteiger charge is -2.39. The zero-order valence-corrected chi connectivity index (χ0v) is 13.2. The predicted molar refractivity (Wildman–Crippen MR) is 82.8 cm³/mol. The number of hydroxylamine groups is 1. The van der Waals surface area contributed by atoms with E-state index < -0.39 is 11.9 Å². The maximum atomic E-state index is 12.6. The fraction of sp³-hybridized carbons (Fsp3) is 0.375. The number of nitrogens with one attached hydrogen (secondary N) is 1. The first kappa shape index (κ1) is 16.8. The van der Waals surface area contributed by atoms with Crippen molar-refractivity contribution in [1.29, 1.82) is 0 Å². The van der Waals surface area contributed by atoms with Gasteiger partial charge in [-0.1, -0.05) is 6.08 Å². The molecule has 1 aromatic rings. The number of hydrogen-bond donors (Lipinski definition) is 2. The zero-order valence-electron chi connectivity index (χ0n) is 13.2. The van der Waals surface area contributed by atoms with Crippen LogP contribution in [0.4, 0.5) is 0 Å². The van der Waals surface area contributed by atoms with Crippen LogP contribution in [0, 0.1) is 0 Å². The van der Waals surface area contributed by atoms with E-state index >= 15 is 0 Å². The highest BCUT2D eigenvalue weighted by molar-refractivity contribution is 5.99. The van der Waals surface area contributed by atoms with Crippen molar-refractivity contribution in [3.63, 3.8) is 0 Å². The van der Waals surface area contributed by atoms with Crippen molar-refractivity contribution in [2.75, 3.05) is 20.8 Å². The molecule has 1 aliphatic rings. The SMILES string of the molecule is C=CCc1cc(C(=O)N2CCC2C(=O)NO)cc(OC)c1OC. The van der Waals surface area contributed by atoms with Gasteiger partial charge in [-0.15, -0.1) is 6.58 Å². The fourth-order valence-corrected chi connectivity index (χ4v) is 2.62. The number of nitrogens with zero attached hydrogens (tertiary/aromatic N) is 1. The summed E-state index contributed by atoms with van der Waals surface area (Å²) in [5.74, 6) is 0.114. The van der Waals surface area contributed by atoms with Gasteiger partial charge >= 0.3 is 0 Å². The highest BCUT2D eigenvalue weighted by Crippen LogP contribution is 2.34. The minimum absolute atomic E-state index is 0.295. The Hall–Kier alpha value is -2.54. The molecule has 1 unspecified atom stereocenters. The first-order chi connectivity index (χ1) is 11.1. The quantitative estimate of drug-likeness (QED) is 0.466. The Kier molecular flexibility index (Phi) is 5.23. The summed E-state index contributed by atoms with van der Waals surface area (Å²) in [7, 11) is 3.03. The predicted octanol–water partition coefficient (Wildman–Crippen LogP) is 1.15. The molecule has 0 bridgehead atoms. The van der Waals surface area contributed by atoms with E-state index in [0.29, 0.717) is 36.4 Å². The number of carbonyl (C=O) groups excluding carboxylic acids is 2. The van der Waals surface area contributed by atoms with Crippen LogP contribution in [0.1, 0.15) is 22.3 Å². The molecule has 7 heteroatoms. The minimum Gasteiger partial charge on any atom is -0.493 e. The van der Waals surface area contributed by atoms with E-state index in [9.17, 15) is 9.59 Å². The maximum Gasteiger partial charge on any atom is 0.266 e. The van der Waals surface area contributed by atoms with Gasteiger partial charge in [0.2, 0.25) is 0 Å². The molecule has 0 radical (unpaired) electrons. The Morgan fingerprint density at radius 1 is 1.43 bits per heavy atom. The van der Waals surface area contributed by atoms with Crippen LogP contribution in [0.15, 0.2) is 24.8 Å². The summed E-state index contributed by atoms with van der Waals surface area (Å²) in [6, 6.07) is 2.64. The normalized spacial score (nSPS) is 16.3. The van der Waals surface area contributed by atoms with Crippen LogP contribution < -0.4 is 15.0 Å². The molecule has 0 saturated carbocycles. The molecule has 124 valence electrons. The third-order valence-electron chi connectivity index (χ3n) is 3.86. The molecule has 1 saturated heterocycles. The summed E-state index contributed by atoms with van der Waals surface area (Å²) < 4.78 is 10.6. The number of rotatable bonds is 6. The van der Waals surface area contributed by atoms with Crippen LogP contribution in [0.2, 0.25) is 0 Å². The molecule has 1 aromatic carbocycles. The van der Waals surface area contributed by atoms with Crippen LogP contribution in [0.5, 0.6) is 11.5 Å². The molecule has 0 aliphatic carbocycles. The van der Waals surface area contributed by atoms with Gasteiger partial charge in [-0.3, -0.25) is 14.8 Å². The third-order valence-corrected chi connectivity index (χ3v) is 3.86. The summed E-state index contributed by atoms with van der Waals surface area (Å²) >= 11 is 0. The minimum atomic E-state index is -0.650. The number of amides is 2. The molecule has 1 fully saturated rings. The topological polar surface area (TPSA) is 88.1 Å². The number of hydrogen-bond acceptors (Lipinski definition) is 5. The van der Waals surface area contributed by atoms with Crippen molar-refractivity contribution in [2.24, 2.45) is 0 Å². The molecule has 1 aliphatic heterocycles. The van der Waals surface area contributed by atoms with Crippen molar-refractivity contribution < 1.29 is 24.3 Å². The molecule has 23 heavy (non-hydrogen) atoms. The average molecular weight is 320 g/mol. The largest absolute Gasteiger partial charge is 0.493 e. The van der Waals surface area contributed by atoms with Gasteiger partial charge in [0.05, 0.1) is 14.2 Å². The molecule has 2 rings (SSSR count). The Morgan fingerprint density at radius 3 is 2.65 bits per heavy atom. The monoisotopic (exact) mass is 320 g/mol. The van der Waals surface area contributed by atoms with Gasteiger partial charge in [0.1, 0.15) is 6.04 Å². The highest BCUT2D eigenvalue weighted by Gasteiger charge is 2.38. The molecule has 0 aromatic heterocycles. The lowest BCUT2D eigenvalue weighted by atomic mass is 9.98. The lowest BCUT2D eigenvalue weighted by molar-refractivity contribution is -0.137. The molecule has 0 spiro atoms. The standard InChI is InChI=1S/C16H20N2O5/c1-4-5-10-8-11(9-13(22-2)14(10)23-3)16(20)18-7-6-12(18)15(19)17-21/h4,8-9,12,21H,1,5-7H2,2-3H3,(H,17,19). The number of benzene rings is 1. The van der Waals surface area contributed by atoms with Crippen LogP contribution >= 0.6 is 0 Å². The summed E-state index contributed by atoms with van der Waals surface area (Å²) in [5.41, 5.74) is 2.76. The van der Waals surface area contributed by atoms with Gasteiger partial charge in [0, 0.05) is 17.7 Å².